The number of hydrogen-bond acceptors (Lipinski definition) is 3. The van der Waals surface area contributed by atoms with Gasteiger partial charge in [0.1, 0.15) is 6.04 Å². The van der Waals surface area contributed by atoms with Crippen LogP contribution in [-0.2, 0) is 9.59 Å². The van der Waals surface area contributed by atoms with E-state index in [0.717, 1.165) is 18.4 Å². The molecule has 1 fully saturated rings. The lowest BCUT2D eigenvalue weighted by Gasteiger charge is -2.32. The number of nitriles is 1. The molecule has 0 spiro atoms. The van der Waals surface area contributed by atoms with Crippen molar-refractivity contribution >= 4 is 18.0 Å². The molecule has 5 nitrogen and oxygen atoms in total. The van der Waals surface area contributed by atoms with E-state index in [9.17, 15) is 9.59 Å². The van der Waals surface area contributed by atoms with Gasteiger partial charge in [-0.15, -0.1) is 0 Å². The third kappa shape index (κ3) is 3.69. The number of likely N-dealkylation sites (tertiary alicyclic amines) is 1. The molecule has 1 aliphatic rings. The van der Waals surface area contributed by atoms with Gasteiger partial charge in [-0.2, -0.15) is 5.26 Å². The molecule has 1 aliphatic heterocycles. The maximum absolute atomic E-state index is 12.1. The molecule has 1 atom stereocenters. The second-order valence-corrected chi connectivity index (χ2v) is 4.95. The first-order chi connectivity index (χ1) is 10.1. The summed E-state index contributed by atoms with van der Waals surface area (Å²) >= 11 is 0. The van der Waals surface area contributed by atoms with Crippen molar-refractivity contribution in [3.05, 3.63) is 41.5 Å². The van der Waals surface area contributed by atoms with Gasteiger partial charge in [0.25, 0.3) is 0 Å². The summed E-state index contributed by atoms with van der Waals surface area (Å²) in [5.41, 5.74) is 1.35. The first-order valence-electron chi connectivity index (χ1n) is 6.83. The van der Waals surface area contributed by atoms with Crippen LogP contribution in [-0.4, -0.2) is 34.5 Å². The van der Waals surface area contributed by atoms with Crippen molar-refractivity contribution in [2.75, 3.05) is 6.54 Å². The lowest BCUT2D eigenvalue weighted by molar-refractivity contribution is -0.150. The molecule has 1 aromatic carbocycles. The van der Waals surface area contributed by atoms with Crippen molar-refractivity contribution in [3.63, 3.8) is 0 Å². The molecule has 108 valence electrons. The van der Waals surface area contributed by atoms with Gasteiger partial charge in [-0.3, -0.25) is 4.79 Å². The molecule has 0 saturated carbocycles. The lowest BCUT2D eigenvalue weighted by Crippen LogP contribution is -2.47. The highest BCUT2D eigenvalue weighted by Gasteiger charge is 2.30. The number of carbonyl (C=O) groups excluding carboxylic acids is 1. The topological polar surface area (TPSA) is 81.4 Å². The van der Waals surface area contributed by atoms with Gasteiger partial charge in [-0.1, -0.05) is 12.1 Å². The summed E-state index contributed by atoms with van der Waals surface area (Å²) in [5, 5.41) is 17.9. The van der Waals surface area contributed by atoms with E-state index in [1.807, 2.05) is 6.07 Å². The van der Waals surface area contributed by atoms with Crippen LogP contribution in [0.1, 0.15) is 30.4 Å². The first-order valence-corrected chi connectivity index (χ1v) is 6.83. The molecule has 1 saturated heterocycles. The van der Waals surface area contributed by atoms with E-state index in [4.69, 9.17) is 10.4 Å². The summed E-state index contributed by atoms with van der Waals surface area (Å²) in [6.07, 6.45) is 5.20. The second-order valence-electron chi connectivity index (χ2n) is 4.95. The van der Waals surface area contributed by atoms with Crippen molar-refractivity contribution in [2.45, 2.75) is 25.3 Å². The van der Waals surface area contributed by atoms with Crippen molar-refractivity contribution in [1.82, 2.24) is 4.90 Å². The van der Waals surface area contributed by atoms with Gasteiger partial charge < -0.3 is 10.0 Å². The predicted molar refractivity (Wildman–Crippen MR) is 77.2 cm³/mol. The van der Waals surface area contributed by atoms with Crippen LogP contribution in [0.15, 0.2) is 30.3 Å². The smallest absolute Gasteiger partial charge is 0.326 e. The highest BCUT2D eigenvalue weighted by molar-refractivity contribution is 5.94. The van der Waals surface area contributed by atoms with Crippen LogP contribution in [0.3, 0.4) is 0 Å². The molecule has 0 bridgehead atoms. The molecule has 21 heavy (non-hydrogen) atoms. The number of carbonyl (C=O) groups is 2. The van der Waals surface area contributed by atoms with Gasteiger partial charge >= 0.3 is 5.97 Å². The normalized spacial score (nSPS) is 18.4. The van der Waals surface area contributed by atoms with Gasteiger partial charge in [-0.05, 0) is 43.0 Å². The fourth-order valence-corrected chi connectivity index (χ4v) is 2.38. The molecular formula is C16H16N2O3. The van der Waals surface area contributed by atoms with Gasteiger partial charge in [0, 0.05) is 12.6 Å². The monoisotopic (exact) mass is 284 g/mol. The van der Waals surface area contributed by atoms with Crippen molar-refractivity contribution in [3.8, 4) is 6.07 Å². The largest absolute Gasteiger partial charge is 0.480 e. The Labute approximate surface area is 123 Å². The predicted octanol–water partition coefficient (Wildman–Crippen LogP) is 2.04. The Morgan fingerprint density at radius 1 is 1.29 bits per heavy atom. The molecule has 1 heterocycles. The highest BCUT2D eigenvalue weighted by Crippen LogP contribution is 2.18. The molecule has 1 aromatic rings. The van der Waals surface area contributed by atoms with E-state index in [1.165, 1.54) is 11.0 Å². The quantitative estimate of drug-likeness (QED) is 0.861. The molecule has 0 aromatic heterocycles. The average molecular weight is 284 g/mol. The van der Waals surface area contributed by atoms with Gasteiger partial charge in [-0.25, -0.2) is 4.79 Å². The maximum Gasteiger partial charge on any atom is 0.326 e. The van der Waals surface area contributed by atoms with Crippen LogP contribution in [0.5, 0.6) is 0 Å². The summed E-state index contributed by atoms with van der Waals surface area (Å²) in [6, 6.07) is 8.13. The number of aliphatic carboxylic acids is 1. The fourth-order valence-electron chi connectivity index (χ4n) is 2.38. The zero-order chi connectivity index (χ0) is 15.2. The van der Waals surface area contributed by atoms with Gasteiger partial charge in [0.2, 0.25) is 5.91 Å². The minimum Gasteiger partial charge on any atom is -0.480 e. The van der Waals surface area contributed by atoms with Crippen molar-refractivity contribution in [1.29, 1.82) is 5.26 Å². The number of benzene rings is 1. The van der Waals surface area contributed by atoms with E-state index in [2.05, 4.69) is 0 Å². The summed E-state index contributed by atoms with van der Waals surface area (Å²) in [7, 11) is 0. The number of amides is 1. The summed E-state index contributed by atoms with van der Waals surface area (Å²) < 4.78 is 0. The Hall–Kier alpha value is -2.61. The number of rotatable bonds is 3. The molecule has 0 radical (unpaired) electrons. The Bertz CT molecular complexity index is 599. The Morgan fingerprint density at radius 3 is 2.62 bits per heavy atom. The summed E-state index contributed by atoms with van der Waals surface area (Å²) in [5.74, 6) is -1.23. The van der Waals surface area contributed by atoms with E-state index < -0.39 is 12.0 Å². The Balaban J connectivity index is 2.06. The average Bonchev–Trinajstić information content (AvgIpc) is 2.53. The van der Waals surface area contributed by atoms with Crippen LogP contribution < -0.4 is 0 Å². The third-order valence-electron chi connectivity index (χ3n) is 3.53. The molecule has 0 unspecified atom stereocenters. The van der Waals surface area contributed by atoms with E-state index in [1.54, 1.807) is 30.3 Å². The number of piperidine rings is 1. The minimum absolute atomic E-state index is 0.286. The van der Waals surface area contributed by atoms with Crippen LogP contribution in [0.2, 0.25) is 0 Å². The van der Waals surface area contributed by atoms with Crippen molar-refractivity contribution in [2.24, 2.45) is 0 Å². The van der Waals surface area contributed by atoms with E-state index in [-0.39, 0.29) is 5.91 Å². The SMILES string of the molecule is N#Cc1ccc(C=CC(=O)N2CCCC[C@H]2C(=O)O)cc1. The Kier molecular flexibility index (Phi) is 4.72. The number of hydrogen-bond donors (Lipinski definition) is 1. The van der Waals surface area contributed by atoms with Gasteiger partial charge in [0.15, 0.2) is 0 Å². The zero-order valence-electron chi connectivity index (χ0n) is 11.5. The van der Waals surface area contributed by atoms with Crippen LogP contribution in [0, 0.1) is 11.3 Å². The third-order valence-corrected chi connectivity index (χ3v) is 3.53. The highest BCUT2D eigenvalue weighted by atomic mass is 16.4. The molecule has 5 heteroatoms. The molecule has 0 aliphatic carbocycles. The maximum atomic E-state index is 12.1. The Morgan fingerprint density at radius 2 is 2.00 bits per heavy atom. The summed E-state index contributed by atoms with van der Waals surface area (Å²) in [4.78, 5) is 24.7. The van der Waals surface area contributed by atoms with Crippen molar-refractivity contribution < 1.29 is 14.7 Å². The molecule has 2 rings (SSSR count). The molecule has 1 N–H and O–H groups in total. The molecular weight excluding hydrogens is 268 g/mol. The van der Waals surface area contributed by atoms with E-state index in [0.29, 0.717) is 18.5 Å². The number of carboxylic acids is 1. The van der Waals surface area contributed by atoms with Crippen LogP contribution >= 0.6 is 0 Å². The fraction of sp³-hybridized carbons (Fsp3) is 0.312. The van der Waals surface area contributed by atoms with E-state index >= 15 is 0 Å². The van der Waals surface area contributed by atoms with Crippen LogP contribution in [0.25, 0.3) is 6.08 Å². The standard InChI is InChI=1S/C16H16N2O3/c17-11-13-6-4-12(5-7-13)8-9-15(19)18-10-2-1-3-14(18)16(20)21/h4-9,14H,1-3,10H2,(H,20,21)/t14-/m0/s1. The lowest BCUT2D eigenvalue weighted by atomic mass is 10.0. The number of carboxylic acid groups (broad SMARTS) is 1. The molecule has 1 amide bonds. The van der Waals surface area contributed by atoms with Crippen LogP contribution in [0.4, 0.5) is 0 Å². The first kappa shape index (κ1) is 14.8. The van der Waals surface area contributed by atoms with Gasteiger partial charge in [0.05, 0.1) is 11.6 Å². The number of nitrogens with zero attached hydrogens (tertiary/aromatic N) is 2. The summed E-state index contributed by atoms with van der Waals surface area (Å²) in [6.45, 7) is 0.480. The second kappa shape index (κ2) is 6.71. The zero-order valence-corrected chi connectivity index (χ0v) is 11.5. The minimum atomic E-state index is -0.949.